The Bertz CT molecular complexity index is 560. The van der Waals surface area contributed by atoms with E-state index in [1.54, 1.807) is 6.08 Å². The summed E-state index contributed by atoms with van der Waals surface area (Å²) in [6, 6.07) is 9.88. The van der Waals surface area contributed by atoms with Gasteiger partial charge in [0.2, 0.25) is 0 Å². The van der Waals surface area contributed by atoms with Gasteiger partial charge < -0.3 is 28.8 Å². The van der Waals surface area contributed by atoms with Gasteiger partial charge in [0.15, 0.2) is 12.1 Å². The quantitative estimate of drug-likeness (QED) is 0.724. The van der Waals surface area contributed by atoms with Crippen molar-refractivity contribution in [2.24, 2.45) is 0 Å². The van der Waals surface area contributed by atoms with Gasteiger partial charge in [0, 0.05) is 0 Å². The van der Waals surface area contributed by atoms with Crippen molar-refractivity contribution in [1.82, 2.24) is 0 Å². The van der Waals surface area contributed by atoms with Gasteiger partial charge in [-0.2, -0.15) is 0 Å². The molecule has 2 aliphatic rings. The number of aliphatic hydroxyl groups excluding tert-OH is 1. The van der Waals surface area contributed by atoms with Crippen molar-refractivity contribution < 1.29 is 28.8 Å². The van der Waals surface area contributed by atoms with Gasteiger partial charge in [0.1, 0.15) is 24.4 Å². The van der Waals surface area contributed by atoms with Crippen LogP contribution < -0.4 is 0 Å². The normalized spacial score (nSPS) is 31.6. The fraction of sp³-hybridized carbons (Fsp3) is 0.579. The molecule has 1 N–H and O–H groups in total. The fourth-order valence-corrected chi connectivity index (χ4v) is 3.20. The number of rotatable bonds is 8. The van der Waals surface area contributed by atoms with Crippen molar-refractivity contribution in [2.45, 2.75) is 56.9 Å². The maximum absolute atomic E-state index is 9.71. The molecule has 0 aromatic heterocycles. The lowest BCUT2D eigenvalue weighted by Crippen LogP contribution is -2.45. The summed E-state index contributed by atoms with van der Waals surface area (Å²) < 4.78 is 29.5. The van der Waals surface area contributed by atoms with Crippen LogP contribution >= 0.6 is 0 Å². The van der Waals surface area contributed by atoms with Gasteiger partial charge in [-0.3, -0.25) is 0 Å². The van der Waals surface area contributed by atoms with E-state index < -0.39 is 30.4 Å². The molecular weight excluding hydrogens is 324 g/mol. The molecule has 0 amide bonds. The molecule has 0 radical (unpaired) electrons. The maximum Gasteiger partial charge on any atom is 0.190 e. The van der Waals surface area contributed by atoms with E-state index in [1.807, 2.05) is 44.2 Å². The second kappa shape index (κ2) is 7.95. The summed E-state index contributed by atoms with van der Waals surface area (Å²) in [7, 11) is 0. The molecule has 2 saturated heterocycles. The first kappa shape index (κ1) is 18.5. The van der Waals surface area contributed by atoms with Gasteiger partial charge >= 0.3 is 0 Å². The van der Waals surface area contributed by atoms with Crippen LogP contribution in [0.25, 0.3) is 0 Å². The Labute approximate surface area is 148 Å². The van der Waals surface area contributed by atoms with E-state index in [-0.39, 0.29) is 12.7 Å². The summed E-state index contributed by atoms with van der Waals surface area (Å²) in [5.74, 6) is -0.731. The Balaban J connectivity index is 1.73. The zero-order chi connectivity index (χ0) is 17.9. The Hall–Kier alpha value is -1.28. The van der Waals surface area contributed by atoms with Crippen LogP contribution in [0.5, 0.6) is 0 Å². The van der Waals surface area contributed by atoms with E-state index in [2.05, 4.69) is 6.58 Å². The first-order valence-corrected chi connectivity index (χ1v) is 8.54. The molecule has 3 rings (SSSR count). The highest BCUT2D eigenvalue weighted by molar-refractivity contribution is 5.13. The largest absolute Gasteiger partial charge is 0.394 e. The van der Waals surface area contributed by atoms with E-state index in [9.17, 15) is 5.11 Å². The third-order valence-corrected chi connectivity index (χ3v) is 4.29. The molecule has 2 fully saturated rings. The second-order valence-corrected chi connectivity index (χ2v) is 6.67. The molecule has 6 heteroatoms. The van der Waals surface area contributed by atoms with Crippen molar-refractivity contribution in [3.05, 3.63) is 48.6 Å². The minimum absolute atomic E-state index is 0.188. The lowest BCUT2D eigenvalue weighted by Gasteiger charge is -2.30. The van der Waals surface area contributed by atoms with Crippen molar-refractivity contribution >= 4 is 0 Å². The Morgan fingerprint density at radius 2 is 2.04 bits per heavy atom. The molecular formula is C19H26O6. The number of benzene rings is 1. The third-order valence-electron chi connectivity index (χ3n) is 4.29. The standard InChI is InChI=1S/C19H26O6/c1-4-10-21-14(11-20)15-16(22-12-13-8-6-5-7-9-13)17-18(23-15)25-19(2,3)24-17/h4-9,14-18,20H,1,10-12H2,2-3H3/t14-,15-,16-,17-,18-/m1/s1. The number of ether oxygens (including phenoxy) is 5. The fourth-order valence-electron chi connectivity index (χ4n) is 3.20. The molecule has 1 aromatic carbocycles. The molecule has 1 aromatic rings. The summed E-state index contributed by atoms with van der Waals surface area (Å²) in [5.41, 5.74) is 1.05. The van der Waals surface area contributed by atoms with Crippen LogP contribution in [0.15, 0.2) is 43.0 Å². The molecule has 2 heterocycles. The lowest BCUT2D eigenvalue weighted by molar-refractivity contribution is -0.235. The summed E-state index contributed by atoms with van der Waals surface area (Å²) in [4.78, 5) is 0. The molecule has 0 spiro atoms. The predicted molar refractivity (Wildman–Crippen MR) is 90.7 cm³/mol. The first-order valence-electron chi connectivity index (χ1n) is 8.54. The van der Waals surface area contributed by atoms with Gasteiger partial charge in [0.25, 0.3) is 0 Å². The van der Waals surface area contributed by atoms with Crippen molar-refractivity contribution in [2.75, 3.05) is 13.2 Å². The van der Waals surface area contributed by atoms with Gasteiger partial charge in [-0.05, 0) is 19.4 Å². The minimum atomic E-state index is -0.731. The summed E-state index contributed by atoms with van der Waals surface area (Å²) >= 11 is 0. The van der Waals surface area contributed by atoms with Gasteiger partial charge in [-0.15, -0.1) is 6.58 Å². The summed E-state index contributed by atoms with van der Waals surface area (Å²) in [6.45, 7) is 7.87. The molecule has 0 aliphatic carbocycles. The first-order chi connectivity index (χ1) is 12.0. The summed E-state index contributed by atoms with van der Waals surface area (Å²) in [5, 5.41) is 9.71. The highest BCUT2D eigenvalue weighted by Gasteiger charge is 2.57. The zero-order valence-electron chi connectivity index (χ0n) is 14.7. The lowest BCUT2D eigenvalue weighted by atomic mass is 10.1. The number of aliphatic hydroxyl groups is 1. The van der Waals surface area contributed by atoms with Crippen molar-refractivity contribution in [3.63, 3.8) is 0 Å². The molecule has 0 saturated carbocycles. The molecule has 2 aliphatic heterocycles. The van der Waals surface area contributed by atoms with Gasteiger partial charge in [-0.1, -0.05) is 36.4 Å². The monoisotopic (exact) mass is 350 g/mol. The van der Waals surface area contributed by atoms with Crippen LogP contribution in [0, 0.1) is 0 Å². The van der Waals surface area contributed by atoms with Gasteiger partial charge in [0.05, 0.1) is 19.8 Å². The van der Waals surface area contributed by atoms with Crippen molar-refractivity contribution in [3.8, 4) is 0 Å². The van der Waals surface area contributed by atoms with E-state index >= 15 is 0 Å². The maximum atomic E-state index is 9.71. The zero-order valence-corrected chi connectivity index (χ0v) is 14.7. The Kier molecular flexibility index (Phi) is 5.89. The smallest absolute Gasteiger partial charge is 0.190 e. The highest BCUT2D eigenvalue weighted by Crippen LogP contribution is 2.40. The number of fused-ring (bicyclic) bond motifs is 1. The third kappa shape index (κ3) is 4.28. The van der Waals surface area contributed by atoms with Crippen LogP contribution in [0.1, 0.15) is 19.4 Å². The minimum Gasteiger partial charge on any atom is -0.394 e. The van der Waals surface area contributed by atoms with Crippen LogP contribution in [0.4, 0.5) is 0 Å². The van der Waals surface area contributed by atoms with Crippen LogP contribution in [0.3, 0.4) is 0 Å². The number of hydrogen-bond donors (Lipinski definition) is 1. The van der Waals surface area contributed by atoms with E-state index in [0.29, 0.717) is 13.2 Å². The molecule has 0 bridgehead atoms. The average Bonchev–Trinajstić information content (AvgIpc) is 3.06. The predicted octanol–water partition coefficient (Wildman–Crippen LogP) is 2.01. The number of hydrogen-bond acceptors (Lipinski definition) is 6. The summed E-state index contributed by atoms with van der Waals surface area (Å²) in [6.07, 6.45) is -0.713. The van der Waals surface area contributed by atoms with Crippen LogP contribution in [-0.2, 0) is 30.3 Å². The van der Waals surface area contributed by atoms with E-state index in [1.165, 1.54) is 0 Å². The van der Waals surface area contributed by atoms with Gasteiger partial charge in [-0.25, -0.2) is 0 Å². The van der Waals surface area contributed by atoms with E-state index in [4.69, 9.17) is 23.7 Å². The molecule has 25 heavy (non-hydrogen) atoms. The topological polar surface area (TPSA) is 66.4 Å². The highest BCUT2D eigenvalue weighted by atomic mass is 16.8. The molecule has 138 valence electrons. The van der Waals surface area contributed by atoms with E-state index in [0.717, 1.165) is 5.56 Å². The SMILES string of the molecule is C=CCO[C@H](CO)[C@H]1O[C@@H]2OC(C)(C)O[C@@H]2[C@@H]1OCc1ccccc1. The van der Waals surface area contributed by atoms with Crippen molar-refractivity contribution in [1.29, 1.82) is 0 Å². The average molecular weight is 350 g/mol. The van der Waals surface area contributed by atoms with Crippen LogP contribution in [0.2, 0.25) is 0 Å². The van der Waals surface area contributed by atoms with Crippen LogP contribution in [-0.4, -0.2) is 54.8 Å². The Morgan fingerprint density at radius 3 is 2.72 bits per heavy atom. The second-order valence-electron chi connectivity index (χ2n) is 6.67. The molecule has 5 atom stereocenters. The molecule has 6 nitrogen and oxygen atoms in total. The molecule has 0 unspecified atom stereocenters. The Morgan fingerprint density at radius 1 is 1.28 bits per heavy atom.